The van der Waals surface area contributed by atoms with Gasteiger partial charge in [0.05, 0.1) is 6.54 Å². The Balaban J connectivity index is 2.12. The molecule has 1 aromatic carbocycles. The summed E-state index contributed by atoms with van der Waals surface area (Å²) in [6.07, 6.45) is 2.53. The van der Waals surface area contributed by atoms with Crippen LogP contribution in [0.3, 0.4) is 0 Å². The van der Waals surface area contributed by atoms with Gasteiger partial charge in [0.25, 0.3) is 0 Å². The SMILES string of the molecule is OCCCCc1n[nH]c(=S)n1Cc1ccc(Br)cc1. The van der Waals surface area contributed by atoms with Crippen molar-refractivity contribution in [3.63, 3.8) is 0 Å². The minimum absolute atomic E-state index is 0.220. The van der Waals surface area contributed by atoms with Crippen molar-refractivity contribution in [2.45, 2.75) is 25.8 Å². The fourth-order valence-corrected chi connectivity index (χ4v) is 2.35. The van der Waals surface area contributed by atoms with Crippen LogP contribution in [-0.2, 0) is 13.0 Å². The van der Waals surface area contributed by atoms with Gasteiger partial charge >= 0.3 is 0 Å². The lowest BCUT2D eigenvalue weighted by Crippen LogP contribution is -2.06. The number of aliphatic hydroxyl groups is 1. The maximum Gasteiger partial charge on any atom is 0.195 e. The van der Waals surface area contributed by atoms with Gasteiger partial charge in [-0.2, -0.15) is 5.10 Å². The molecular weight excluding hydrogens is 326 g/mol. The van der Waals surface area contributed by atoms with Crippen LogP contribution in [-0.4, -0.2) is 26.5 Å². The molecule has 0 atom stereocenters. The predicted octanol–water partition coefficient (Wildman–Crippen LogP) is 3.07. The second kappa shape index (κ2) is 6.98. The van der Waals surface area contributed by atoms with Crippen molar-refractivity contribution < 1.29 is 5.11 Å². The highest BCUT2D eigenvalue weighted by Gasteiger charge is 2.06. The van der Waals surface area contributed by atoms with E-state index in [1.165, 1.54) is 5.56 Å². The van der Waals surface area contributed by atoms with Crippen LogP contribution in [0.25, 0.3) is 0 Å². The van der Waals surface area contributed by atoms with Crippen LogP contribution in [0.15, 0.2) is 28.7 Å². The summed E-state index contributed by atoms with van der Waals surface area (Å²) in [5.74, 6) is 0.946. The lowest BCUT2D eigenvalue weighted by molar-refractivity contribution is 0.284. The summed E-state index contributed by atoms with van der Waals surface area (Å²) in [6, 6.07) is 8.17. The first-order valence-corrected chi connectivity index (χ1v) is 7.40. The molecule has 19 heavy (non-hydrogen) atoms. The Bertz CT molecular complexity index is 576. The summed E-state index contributed by atoms with van der Waals surface area (Å²) in [5, 5.41) is 15.9. The van der Waals surface area contributed by atoms with E-state index < -0.39 is 0 Å². The molecule has 1 heterocycles. The molecule has 0 saturated carbocycles. The molecule has 1 aromatic heterocycles. The Labute approximate surface area is 125 Å². The predicted molar refractivity (Wildman–Crippen MR) is 80.7 cm³/mol. The molecule has 0 aliphatic heterocycles. The summed E-state index contributed by atoms with van der Waals surface area (Å²) in [7, 11) is 0. The standard InChI is InChI=1S/C13H16BrN3OS/c14-11-6-4-10(5-7-11)9-17-12(3-1-2-8-18)15-16-13(17)19/h4-7,18H,1-3,8-9H2,(H,16,19). The summed E-state index contributed by atoms with van der Waals surface area (Å²) in [6.45, 7) is 0.939. The van der Waals surface area contributed by atoms with Crippen molar-refractivity contribution in [1.29, 1.82) is 0 Å². The van der Waals surface area contributed by atoms with E-state index in [1.54, 1.807) is 0 Å². The highest BCUT2D eigenvalue weighted by molar-refractivity contribution is 9.10. The molecule has 6 heteroatoms. The Morgan fingerprint density at radius 3 is 2.68 bits per heavy atom. The van der Waals surface area contributed by atoms with Crippen molar-refractivity contribution in [2.24, 2.45) is 0 Å². The number of hydrogen-bond acceptors (Lipinski definition) is 3. The Kier molecular flexibility index (Phi) is 5.30. The zero-order valence-electron chi connectivity index (χ0n) is 10.5. The van der Waals surface area contributed by atoms with Gasteiger partial charge in [-0.05, 0) is 42.8 Å². The van der Waals surface area contributed by atoms with Crippen LogP contribution in [0.2, 0.25) is 0 Å². The number of unbranched alkanes of at least 4 members (excludes halogenated alkanes) is 1. The van der Waals surface area contributed by atoms with E-state index in [-0.39, 0.29) is 6.61 Å². The van der Waals surface area contributed by atoms with Gasteiger partial charge in [-0.3, -0.25) is 9.67 Å². The van der Waals surface area contributed by atoms with Crippen LogP contribution in [0.4, 0.5) is 0 Å². The van der Waals surface area contributed by atoms with E-state index in [2.05, 4.69) is 38.3 Å². The third-order valence-electron chi connectivity index (χ3n) is 2.90. The molecule has 0 unspecified atom stereocenters. The molecule has 102 valence electrons. The Hall–Kier alpha value is -0.980. The first-order valence-electron chi connectivity index (χ1n) is 6.20. The molecule has 2 rings (SSSR count). The zero-order chi connectivity index (χ0) is 13.7. The molecule has 0 amide bonds. The fraction of sp³-hybridized carbons (Fsp3) is 0.385. The number of aliphatic hydroxyl groups excluding tert-OH is 1. The van der Waals surface area contributed by atoms with E-state index in [9.17, 15) is 0 Å². The third kappa shape index (κ3) is 3.99. The van der Waals surface area contributed by atoms with Gasteiger partial charge in [-0.15, -0.1) is 0 Å². The molecule has 0 aliphatic rings. The Morgan fingerprint density at radius 1 is 1.26 bits per heavy atom. The molecule has 0 bridgehead atoms. The quantitative estimate of drug-likeness (QED) is 0.627. The maximum absolute atomic E-state index is 8.82. The number of nitrogens with one attached hydrogen (secondary N) is 1. The number of rotatable bonds is 6. The normalized spacial score (nSPS) is 10.8. The number of H-pyrrole nitrogens is 1. The third-order valence-corrected chi connectivity index (χ3v) is 3.74. The van der Waals surface area contributed by atoms with E-state index in [0.29, 0.717) is 4.77 Å². The van der Waals surface area contributed by atoms with Crippen molar-refractivity contribution in [3.8, 4) is 0 Å². The zero-order valence-corrected chi connectivity index (χ0v) is 12.9. The minimum atomic E-state index is 0.220. The van der Waals surface area contributed by atoms with Crippen LogP contribution in [0.1, 0.15) is 24.2 Å². The van der Waals surface area contributed by atoms with Gasteiger partial charge in [-0.1, -0.05) is 28.1 Å². The number of nitrogens with zero attached hydrogens (tertiary/aromatic N) is 2. The van der Waals surface area contributed by atoms with Crippen molar-refractivity contribution in [3.05, 3.63) is 44.9 Å². The molecular formula is C13H16BrN3OS. The number of aromatic nitrogens is 3. The van der Waals surface area contributed by atoms with Crippen LogP contribution >= 0.6 is 28.1 Å². The van der Waals surface area contributed by atoms with Crippen LogP contribution in [0, 0.1) is 4.77 Å². The van der Waals surface area contributed by atoms with E-state index in [0.717, 1.165) is 36.1 Å². The average molecular weight is 342 g/mol. The lowest BCUT2D eigenvalue weighted by Gasteiger charge is -2.07. The van der Waals surface area contributed by atoms with E-state index >= 15 is 0 Å². The molecule has 2 aromatic rings. The largest absolute Gasteiger partial charge is 0.396 e. The van der Waals surface area contributed by atoms with E-state index in [4.69, 9.17) is 17.3 Å². The first-order chi connectivity index (χ1) is 9.20. The summed E-state index contributed by atoms with van der Waals surface area (Å²) in [5.41, 5.74) is 1.18. The number of benzene rings is 1. The molecule has 2 N–H and O–H groups in total. The number of aromatic amines is 1. The molecule has 0 aliphatic carbocycles. The summed E-state index contributed by atoms with van der Waals surface area (Å²) < 4.78 is 3.72. The van der Waals surface area contributed by atoms with Gasteiger partial charge in [-0.25, -0.2) is 0 Å². The smallest absolute Gasteiger partial charge is 0.195 e. The van der Waals surface area contributed by atoms with Gasteiger partial charge in [0.1, 0.15) is 5.82 Å². The summed E-state index contributed by atoms with van der Waals surface area (Å²) in [4.78, 5) is 0. The Morgan fingerprint density at radius 2 is 2.00 bits per heavy atom. The highest BCUT2D eigenvalue weighted by atomic mass is 79.9. The van der Waals surface area contributed by atoms with Crippen molar-refractivity contribution in [1.82, 2.24) is 14.8 Å². The molecule has 0 spiro atoms. The van der Waals surface area contributed by atoms with Crippen molar-refractivity contribution in [2.75, 3.05) is 6.61 Å². The number of hydrogen-bond donors (Lipinski definition) is 2. The summed E-state index contributed by atoms with van der Waals surface area (Å²) >= 11 is 8.69. The second-order valence-electron chi connectivity index (χ2n) is 4.34. The van der Waals surface area contributed by atoms with Crippen LogP contribution < -0.4 is 0 Å². The fourth-order valence-electron chi connectivity index (χ4n) is 1.87. The van der Waals surface area contributed by atoms with Gasteiger partial charge in [0.2, 0.25) is 0 Å². The molecule has 0 radical (unpaired) electrons. The molecule has 0 saturated heterocycles. The molecule has 4 nitrogen and oxygen atoms in total. The number of halogens is 1. The topological polar surface area (TPSA) is 53.8 Å². The van der Waals surface area contributed by atoms with Gasteiger partial charge in [0.15, 0.2) is 4.77 Å². The second-order valence-corrected chi connectivity index (χ2v) is 5.64. The minimum Gasteiger partial charge on any atom is -0.396 e. The highest BCUT2D eigenvalue weighted by Crippen LogP contribution is 2.13. The number of aryl methyl sites for hydroxylation is 1. The monoisotopic (exact) mass is 341 g/mol. The average Bonchev–Trinajstić information content (AvgIpc) is 2.74. The van der Waals surface area contributed by atoms with Gasteiger partial charge < -0.3 is 5.11 Å². The lowest BCUT2D eigenvalue weighted by atomic mass is 10.2. The van der Waals surface area contributed by atoms with E-state index in [1.807, 2.05) is 16.7 Å². The maximum atomic E-state index is 8.82. The van der Waals surface area contributed by atoms with Crippen molar-refractivity contribution >= 4 is 28.1 Å². The molecule has 0 fully saturated rings. The first kappa shape index (κ1) is 14.4. The van der Waals surface area contributed by atoms with Gasteiger partial charge in [0, 0.05) is 17.5 Å². The van der Waals surface area contributed by atoms with Crippen LogP contribution in [0.5, 0.6) is 0 Å².